The molecule has 1 heteroatoms. The summed E-state index contributed by atoms with van der Waals surface area (Å²) < 4.78 is 0. The zero-order valence-corrected chi connectivity index (χ0v) is 6.80. The van der Waals surface area contributed by atoms with Gasteiger partial charge in [-0.15, -0.1) is 0 Å². The number of benzene rings is 1. The summed E-state index contributed by atoms with van der Waals surface area (Å²) in [6.07, 6.45) is 4.59. The molecule has 0 amide bonds. The lowest BCUT2D eigenvalue weighted by atomic mass is 10.1. The molecule has 1 radical (unpaired) electrons. The first-order valence-corrected chi connectivity index (χ1v) is 4.36. The summed E-state index contributed by atoms with van der Waals surface area (Å²) in [5.41, 5.74) is 2.68. The van der Waals surface area contributed by atoms with Crippen LogP contribution in [0.2, 0.25) is 0 Å². The Balaban J connectivity index is 2.21. The second-order valence-electron chi connectivity index (χ2n) is 3.38. The van der Waals surface area contributed by atoms with Gasteiger partial charge in [0.2, 0.25) is 0 Å². The van der Waals surface area contributed by atoms with E-state index in [0.29, 0.717) is 0 Å². The zero-order chi connectivity index (χ0) is 7.97. The molecular formula is C11H10N. The van der Waals surface area contributed by atoms with Gasteiger partial charge in [0, 0.05) is 17.6 Å². The minimum Gasteiger partial charge on any atom is -0.361 e. The van der Waals surface area contributed by atoms with Crippen LogP contribution in [0.3, 0.4) is 0 Å². The van der Waals surface area contributed by atoms with Crippen molar-refractivity contribution in [1.29, 1.82) is 0 Å². The van der Waals surface area contributed by atoms with Crippen LogP contribution in [0.1, 0.15) is 18.4 Å². The van der Waals surface area contributed by atoms with Gasteiger partial charge in [0.1, 0.15) is 0 Å². The molecule has 2 aromatic rings. The fraction of sp³-hybridized carbons (Fsp3) is 0.182. The van der Waals surface area contributed by atoms with Crippen LogP contribution in [0.5, 0.6) is 0 Å². The highest BCUT2D eigenvalue weighted by atomic mass is 14.7. The van der Waals surface area contributed by atoms with Crippen molar-refractivity contribution >= 4 is 10.9 Å². The van der Waals surface area contributed by atoms with Gasteiger partial charge in [-0.2, -0.15) is 0 Å². The average molecular weight is 156 g/mol. The van der Waals surface area contributed by atoms with Gasteiger partial charge in [-0.3, -0.25) is 0 Å². The number of aromatic amines is 1. The number of aromatic nitrogens is 1. The molecule has 1 N–H and O–H groups in total. The maximum Gasteiger partial charge on any atom is 0.0456 e. The average Bonchev–Trinajstić information content (AvgIpc) is 2.84. The molecule has 1 fully saturated rings. The Bertz CT molecular complexity index is 410. The van der Waals surface area contributed by atoms with Gasteiger partial charge in [0.15, 0.2) is 0 Å². The van der Waals surface area contributed by atoms with E-state index in [-0.39, 0.29) is 0 Å². The van der Waals surface area contributed by atoms with Crippen molar-refractivity contribution in [3.05, 3.63) is 41.9 Å². The number of H-pyrrole nitrogens is 1. The zero-order valence-electron chi connectivity index (χ0n) is 6.80. The minimum absolute atomic E-state index is 1.26. The smallest absolute Gasteiger partial charge is 0.0456 e. The largest absolute Gasteiger partial charge is 0.361 e. The Morgan fingerprint density at radius 3 is 2.83 bits per heavy atom. The van der Waals surface area contributed by atoms with E-state index < -0.39 is 0 Å². The summed E-state index contributed by atoms with van der Waals surface area (Å²) in [5.74, 6) is 1.60. The predicted octanol–water partition coefficient (Wildman–Crippen LogP) is 2.88. The first-order chi connectivity index (χ1) is 5.93. The van der Waals surface area contributed by atoms with Crippen LogP contribution in [-0.4, -0.2) is 4.98 Å². The number of nitrogens with one attached hydrogen (secondary N) is 1. The first kappa shape index (κ1) is 6.30. The molecule has 59 valence electrons. The van der Waals surface area contributed by atoms with E-state index in [9.17, 15) is 0 Å². The molecule has 0 unspecified atom stereocenters. The summed E-state index contributed by atoms with van der Waals surface area (Å²) in [5, 5.41) is 1.31. The van der Waals surface area contributed by atoms with E-state index in [4.69, 9.17) is 0 Å². The molecule has 12 heavy (non-hydrogen) atoms. The van der Waals surface area contributed by atoms with Gasteiger partial charge < -0.3 is 4.98 Å². The molecule has 3 rings (SSSR count). The molecule has 1 aromatic carbocycles. The van der Waals surface area contributed by atoms with Gasteiger partial charge in [0.25, 0.3) is 0 Å². The van der Waals surface area contributed by atoms with Crippen molar-refractivity contribution in [3.63, 3.8) is 0 Å². The van der Waals surface area contributed by atoms with E-state index in [1.54, 1.807) is 5.92 Å². The Kier molecular flexibility index (Phi) is 1.12. The summed E-state index contributed by atoms with van der Waals surface area (Å²) >= 11 is 0. The van der Waals surface area contributed by atoms with Crippen LogP contribution in [0.4, 0.5) is 0 Å². The summed E-state index contributed by atoms with van der Waals surface area (Å²) in [4.78, 5) is 3.23. The Morgan fingerprint density at radius 1 is 1.08 bits per heavy atom. The van der Waals surface area contributed by atoms with Crippen molar-refractivity contribution in [2.45, 2.75) is 12.8 Å². The van der Waals surface area contributed by atoms with Crippen LogP contribution in [0.15, 0.2) is 30.5 Å². The van der Waals surface area contributed by atoms with Crippen molar-refractivity contribution in [3.8, 4) is 0 Å². The second-order valence-corrected chi connectivity index (χ2v) is 3.38. The van der Waals surface area contributed by atoms with E-state index in [0.717, 1.165) is 0 Å². The summed E-state index contributed by atoms with van der Waals surface area (Å²) in [6, 6.07) is 8.76. The third-order valence-electron chi connectivity index (χ3n) is 2.46. The molecule has 0 bridgehead atoms. The summed E-state index contributed by atoms with van der Waals surface area (Å²) in [7, 11) is 0. The molecular weight excluding hydrogens is 146 g/mol. The molecule has 1 saturated carbocycles. The van der Waals surface area contributed by atoms with Crippen LogP contribution >= 0.6 is 0 Å². The normalized spacial score (nSPS) is 17.0. The highest BCUT2D eigenvalue weighted by molar-refractivity contribution is 5.80. The third-order valence-corrected chi connectivity index (χ3v) is 2.46. The predicted molar refractivity (Wildman–Crippen MR) is 49.9 cm³/mol. The Hall–Kier alpha value is -1.24. The van der Waals surface area contributed by atoms with E-state index in [1.165, 1.54) is 29.3 Å². The van der Waals surface area contributed by atoms with Crippen molar-refractivity contribution in [1.82, 2.24) is 4.98 Å². The fourth-order valence-electron chi connectivity index (χ4n) is 1.62. The second kappa shape index (κ2) is 2.13. The van der Waals surface area contributed by atoms with Crippen molar-refractivity contribution in [2.75, 3.05) is 0 Å². The lowest BCUT2D eigenvalue weighted by Gasteiger charge is -1.96. The van der Waals surface area contributed by atoms with Gasteiger partial charge in [-0.05, 0) is 35.9 Å². The lowest BCUT2D eigenvalue weighted by molar-refractivity contribution is 1.41. The molecule has 1 heterocycles. The molecule has 0 saturated heterocycles. The number of fused-ring (bicyclic) bond motifs is 1. The fourth-order valence-corrected chi connectivity index (χ4v) is 1.62. The van der Waals surface area contributed by atoms with Crippen LogP contribution in [0.25, 0.3) is 10.9 Å². The monoisotopic (exact) mass is 156 g/mol. The lowest BCUT2D eigenvalue weighted by Crippen LogP contribution is -1.78. The number of rotatable bonds is 1. The van der Waals surface area contributed by atoms with Gasteiger partial charge in [-0.25, -0.2) is 0 Å². The van der Waals surface area contributed by atoms with Gasteiger partial charge in [0.05, 0.1) is 0 Å². The third kappa shape index (κ3) is 0.860. The quantitative estimate of drug-likeness (QED) is 0.653. The number of hydrogen-bond donors (Lipinski definition) is 1. The summed E-state index contributed by atoms with van der Waals surface area (Å²) in [6.45, 7) is 0. The van der Waals surface area contributed by atoms with Crippen LogP contribution in [0, 0.1) is 5.92 Å². The molecule has 1 nitrogen and oxygen atoms in total. The highest BCUT2D eigenvalue weighted by Crippen LogP contribution is 2.39. The molecule has 0 atom stereocenters. The SMILES string of the molecule is c1cc2ccc([C]3CC3)cc2[nH]1. The molecule has 1 aliphatic carbocycles. The van der Waals surface area contributed by atoms with Gasteiger partial charge >= 0.3 is 0 Å². The van der Waals surface area contributed by atoms with E-state index >= 15 is 0 Å². The molecule has 1 aliphatic rings. The van der Waals surface area contributed by atoms with Crippen LogP contribution < -0.4 is 0 Å². The maximum absolute atomic E-state index is 3.23. The minimum atomic E-state index is 1.26. The molecule has 1 aromatic heterocycles. The number of hydrogen-bond acceptors (Lipinski definition) is 0. The first-order valence-electron chi connectivity index (χ1n) is 4.36. The standard InChI is InChI=1S/C11H10N/c1-2-8(1)10-4-3-9-5-6-12-11(9)7-10/h3-7,12H,1-2H2. The van der Waals surface area contributed by atoms with Gasteiger partial charge in [-0.1, -0.05) is 12.1 Å². The van der Waals surface area contributed by atoms with Crippen molar-refractivity contribution in [2.24, 2.45) is 0 Å². The topological polar surface area (TPSA) is 15.8 Å². The highest BCUT2D eigenvalue weighted by Gasteiger charge is 2.24. The van der Waals surface area contributed by atoms with Crippen LogP contribution in [-0.2, 0) is 0 Å². The maximum atomic E-state index is 3.23. The molecule has 0 spiro atoms. The van der Waals surface area contributed by atoms with E-state index in [2.05, 4.69) is 29.2 Å². The molecule has 0 aliphatic heterocycles. The Morgan fingerprint density at radius 2 is 2.00 bits per heavy atom. The van der Waals surface area contributed by atoms with E-state index in [1.807, 2.05) is 6.20 Å². The van der Waals surface area contributed by atoms with Crippen molar-refractivity contribution < 1.29 is 0 Å². The Labute approximate surface area is 71.4 Å².